The maximum Gasteiger partial charge on any atom is 0.305 e. The van der Waals surface area contributed by atoms with Crippen molar-refractivity contribution in [3.63, 3.8) is 0 Å². The molecule has 0 heterocycles. The molecule has 3 aliphatic rings. The van der Waals surface area contributed by atoms with Crippen LogP contribution in [-0.2, 0) is 18.4 Å². The van der Waals surface area contributed by atoms with Gasteiger partial charge in [0.15, 0.2) is 16.6 Å². The molecule has 9 atom stereocenters. The molecule has 0 saturated heterocycles. The van der Waals surface area contributed by atoms with Crippen LogP contribution in [0.4, 0.5) is 0 Å². The van der Waals surface area contributed by atoms with Crippen molar-refractivity contribution in [2.75, 3.05) is 20.3 Å². The molecule has 0 aliphatic heterocycles. The van der Waals surface area contributed by atoms with Crippen molar-refractivity contribution in [2.24, 2.45) is 46.3 Å². The van der Waals surface area contributed by atoms with Crippen LogP contribution in [0.2, 0.25) is 36.3 Å². The van der Waals surface area contributed by atoms with E-state index in [1.54, 1.807) is 0 Å². The van der Waals surface area contributed by atoms with E-state index < -0.39 is 16.6 Å². The Morgan fingerprint density at radius 3 is 1.91 bits per heavy atom. The highest BCUT2D eigenvalue weighted by Gasteiger charge is 2.59. The van der Waals surface area contributed by atoms with Crippen LogP contribution in [0.15, 0.2) is 0 Å². The summed E-state index contributed by atoms with van der Waals surface area (Å²) in [5.41, 5.74) is 0.393. The van der Waals surface area contributed by atoms with Gasteiger partial charge in [-0.05, 0) is 134 Å². The zero-order valence-corrected chi connectivity index (χ0v) is 33.4. The lowest BCUT2D eigenvalue weighted by Crippen LogP contribution is -2.55. The standard InChI is InChI=1S/C37H72O5Si2/c1-26(15-18-33(39)40-10)30-16-17-31-29(25-42-44(13,14)35(5,6)7)32(20-22-37(30,31)9)36(8)21-19-28(38)23-27(36)24-41-43(11,12)34(2,3)4/h26-32,38H,15-25H2,1-14H3/t26-,27-,28+,29+,30-,31?,32?,36+,37-/m1/s1. The van der Waals surface area contributed by atoms with Crippen molar-refractivity contribution in [1.82, 2.24) is 0 Å². The van der Waals surface area contributed by atoms with Crippen molar-refractivity contribution in [2.45, 2.75) is 162 Å². The highest BCUT2D eigenvalue weighted by molar-refractivity contribution is 6.74. The van der Waals surface area contributed by atoms with Gasteiger partial charge in [0, 0.05) is 19.6 Å². The number of fused-ring (bicyclic) bond motifs is 1. The highest BCUT2D eigenvalue weighted by atomic mass is 28.4. The number of carbonyl (C=O) groups excluding carboxylic acids is 1. The number of esters is 1. The van der Waals surface area contributed by atoms with Crippen LogP contribution in [0.1, 0.15) is 120 Å². The van der Waals surface area contributed by atoms with Gasteiger partial charge in [-0.1, -0.05) is 62.3 Å². The van der Waals surface area contributed by atoms with Crippen molar-refractivity contribution in [1.29, 1.82) is 0 Å². The number of ether oxygens (including phenoxy) is 1. The number of aliphatic hydroxyl groups is 1. The fraction of sp³-hybridized carbons (Fsp3) is 0.973. The predicted molar refractivity (Wildman–Crippen MR) is 189 cm³/mol. The second-order valence-electron chi connectivity index (χ2n) is 19.0. The van der Waals surface area contributed by atoms with Crippen LogP contribution in [0.3, 0.4) is 0 Å². The summed E-state index contributed by atoms with van der Waals surface area (Å²) in [6.07, 6.45) is 9.02. The van der Waals surface area contributed by atoms with Gasteiger partial charge >= 0.3 is 5.97 Å². The average molecular weight is 653 g/mol. The summed E-state index contributed by atoms with van der Waals surface area (Å²) in [6, 6.07) is 0. The zero-order valence-electron chi connectivity index (χ0n) is 31.4. The van der Waals surface area contributed by atoms with Crippen molar-refractivity contribution < 1.29 is 23.5 Å². The van der Waals surface area contributed by atoms with Crippen LogP contribution < -0.4 is 0 Å². The van der Waals surface area contributed by atoms with Gasteiger partial charge in [0.2, 0.25) is 0 Å². The smallest absolute Gasteiger partial charge is 0.305 e. The van der Waals surface area contributed by atoms with Gasteiger partial charge in [-0.3, -0.25) is 4.79 Å². The van der Waals surface area contributed by atoms with Gasteiger partial charge < -0.3 is 18.7 Å². The maximum atomic E-state index is 12.0. The molecule has 0 amide bonds. The molecule has 0 radical (unpaired) electrons. The van der Waals surface area contributed by atoms with Crippen LogP contribution in [0, 0.1) is 46.3 Å². The third-order valence-electron chi connectivity index (χ3n) is 14.5. The van der Waals surface area contributed by atoms with Gasteiger partial charge in [-0.2, -0.15) is 0 Å². The topological polar surface area (TPSA) is 65.0 Å². The van der Waals surface area contributed by atoms with Gasteiger partial charge in [0.05, 0.1) is 13.2 Å². The Labute approximate surface area is 274 Å². The van der Waals surface area contributed by atoms with E-state index in [-0.39, 0.29) is 33.0 Å². The lowest BCUT2D eigenvalue weighted by atomic mass is 9.48. The van der Waals surface area contributed by atoms with E-state index in [1.807, 2.05) is 0 Å². The maximum absolute atomic E-state index is 12.0. The summed E-state index contributed by atoms with van der Waals surface area (Å²) in [4.78, 5) is 12.0. The van der Waals surface area contributed by atoms with Crippen LogP contribution in [0.25, 0.3) is 0 Å². The molecule has 44 heavy (non-hydrogen) atoms. The second kappa shape index (κ2) is 13.7. The van der Waals surface area contributed by atoms with E-state index in [2.05, 4.69) is 88.5 Å². The molecule has 258 valence electrons. The molecule has 5 nitrogen and oxygen atoms in total. The molecule has 3 fully saturated rings. The lowest BCUT2D eigenvalue weighted by molar-refractivity contribution is -0.141. The monoisotopic (exact) mass is 652 g/mol. The first-order valence-electron chi connectivity index (χ1n) is 18.0. The van der Waals surface area contributed by atoms with Crippen LogP contribution in [-0.4, -0.2) is 54.1 Å². The number of aliphatic hydroxyl groups excluding tert-OH is 1. The largest absolute Gasteiger partial charge is 0.469 e. The third kappa shape index (κ3) is 7.90. The van der Waals surface area contributed by atoms with Crippen molar-refractivity contribution >= 4 is 22.6 Å². The summed E-state index contributed by atoms with van der Waals surface area (Å²) in [7, 11) is -2.33. The Kier molecular flexibility index (Phi) is 11.9. The fourth-order valence-electron chi connectivity index (χ4n) is 9.15. The first-order chi connectivity index (χ1) is 20.0. The van der Waals surface area contributed by atoms with Gasteiger partial charge in [-0.25, -0.2) is 0 Å². The normalized spacial score (nSPS) is 36.2. The average Bonchev–Trinajstić information content (AvgIpc) is 3.26. The molecule has 1 N–H and O–H groups in total. The fourth-order valence-corrected chi connectivity index (χ4v) is 11.2. The molecular formula is C37H72O5Si2. The molecule has 0 aromatic carbocycles. The van der Waals surface area contributed by atoms with Crippen molar-refractivity contribution in [3.8, 4) is 0 Å². The summed E-state index contributed by atoms with van der Waals surface area (Å²) in [5.74, 6) is 3.12. The molecule has 0 aromatic rings. The molecule has 0 bridgehead atoms. The van der Waals surface area contributed by atoms with Crippen LogP contribution >= 0.6 is 0 Å². The van der Waals surface area contributed by atoms with Gasteiger partial charge in [0.1, 0.15) is 0 Å². The van der Waals surface area contributed by atoms with E-state index in [0.717, 1.165) is 38.9 Å². The summed E-state index contributed by atoms with van der Waals surface area (Å²) in [6.45, 7) is 32.8. The molecule has 2 unspecified atom stereocenters. The number of methoxy groups -OCH3 is 1. The first kappa shape index (κ1) is 38.2. The van der Waals surface area contributed by atoms with Gasteiger partial charge in [0.25, 0.3) is 0 Å². The van der Waals surface area contributed by atoms with E-state index >= 15 is 0 Å². The number of hydrogen-bond acceptors (Lipinski definition) is 5. The number of rotatable bonds is 11. The zero-order chi connectivity index (χ0) is 33.5. The van der Waals surface area contributed by atoms with E-state index in [4.69, 9.17) is 13.6 Å². The lowest BCUT2D eigenvalue weighted by Gasteiger charge is -2.58. The quantitative estimate of drug-likeness (QED) is 0.178. The molecule has 7 heteroatoms. The van der Waals surface area contributed by atoms with Crippen LogP contribution in [0.5, 0.6) is 0 Å². The first-order valence-corrected chi connectivity index (χ1v) is 23.8. The Bertz CT molecular complexity index is 968. The minimum Gasteiger partial charge on any atom is -0.469 e. The molecular weight excluding hydrogens is 581 g/mol. The summed E-state index contributed by atoms with van der Waals surface area (Å²) >= 11 is 0. The molecule has 3 aliphatic carbocycles. The number of hydrogen-bond donors (Lipinski definition) is 1. The van der Waals surface area contributed by atoms with Crippen molar-refractivity contribution in [3.05, 3.63) is 0 Å². The molecule has 0 aromatic heterocycles. The van der Waals surface area contributed by atoms with E-state index in [1.165, 1.54) is 32.8 Å². The molecule has 0 spiro atoms. The van der Waals surface area contributed by atoms with E-state index in [0.29, 0.717) is 41.9 Å². The second-order valence-corrected chi connectivity index (χ2v) is 28.6. The Morgan fingerprint density at radius 2 is 1.36 bits per heavy atom. The summed E-state index contributed by atoms with van der Waals surface area (Å²) in [5, 5.41) is 11.3. The molecule has 3 rings (SSSR count). The van der Waals surface area contributed by atoms with Gasteiger partial charge in [-0.15, -0.1) is 0 Å². The minimum absolute atomic E-state index is 0.0840. The Balaban J connectivity index is 1.95. The highest BCUT2D eigenvalue weighted by Crippen LogP contribution is 2.65. The number of carbonyl (C=O) groups is 1. The Hall–Kier alpha value is -0.216. The summed E-state index contributed by atoms with van der Waals surface area (Å²) < 4.78 is 19.1. The Morgan fingerprint density at radius 1 is 0.841 bits per heavy atom. The van der Waals surface area contributed by atoms with E-state index in [9.17, 15) is 9.90 Å². The SMILES string of the molecule is COC(=O)CC[C@@H](C)[C@H]1CCC2[C@H](CO[Si](C)(C)C(C)(C)C)C([C@@]3(C)CC[C@H](O)C[C@@H]3CO[Si](C)(C)C(C)(C)C)CC[C@@]21C. The minimum atomic E-state index is -1.93. The predicted octanol–water partition coefficient (Wildman–Crippen LogP) is 9.85. The molecule has 3 saturated carbocycles. The third-order valence-corrected chi connectivity index (χ3v) is 23.5.